The summed E-state index contributed by atoms with van der Waals surface area (Å²) in [6, 6.07) is 8.03. The minimum Gasteiger partial charge on any atom is -0.481 e. The summed E-state index contributed by atoms with van der Waals surface area (Å²) < 4.78 is 0. The van der Waals surface area contributed by atoms with Gasteiger partial charge in [-0.15, -0.1) is 0 Å². The van der Waals surface area contributed by atoms with Crippen LogP contribution >= 0.6 is 0 Å². The molecule has 1 amide bonds. The number of rotatable bonds is 4. The molecule has 1 aliphatic rings. The molecule has 1 aromatic heterocycles. The first kappa shape index (κ1) is 15.6. The normalized spacial score (nSPS) is 16.0. The molecule has 0 aliphatic carbocycles. The molecule has 2 aromatic rings. The Hall–Kier alpha value is -2.30. The maximum absolute atomic E-state index is 12.6. The van der Waals surface area contributed by atoms with Crippen molar-refractivity contribution in [2.24, 2.45) is 5.92 Å². The SMILES string of the molecule is Cc1[nH]c2ccccc2c1CC(=O)N1CCC(CC(=O)O)CC1. The molecule has 1 fully saturated rings. The van der Waals surface area contributed by atoms with E-state index in [1.807, 2.05) is 36.1 Å². The number of carboxylic acids is 1. The van der Waals surface area contributed by atoms with Gasteiger partial charge in [0.1, 0.15) is 0 Å². The number of carbonyl (C=O) groups excluding carboxylic acids is 1. The second-order valence-corrected chi connectivity index (χ2v) is 6.37. The van der Waals surface area contributed by atoms with Gasteiger partial charge in [0.05, 0.1) is 6.42 Å². The van der Waals surface area contributed by atoms with Gasteiger partial charge in [-0.05, 0) is 37.3 Å². The highest BCUT2D eigenvalue weighted by molar-refractivity contribution is 5.90. The van der Waals surface area contributed by atoms with Crippen LogP contribution in [0.25, 0.3) is 10.9 Å². The monoisotopic (exact) mass is 314 g/mol. The Morgan fingerprint density at radius 3 is 2.65 bits per heavy atom. The number of likely N-dealkylation sites (tertiary alicyclic amines) is 1. The van der Waals surface area contributed by atoms with Crippen LogP contribution in [-0.4, -0.2) is 40.0 Å². The number of nitrogens with one attached hydrogen (secondary N) is 1. The molecule has 5 nitrogen and oxygen atoms in total. The molecule has 2 N–H and O–H groups in total. The van der Waals surface area contributed by atoms with Gasteiger partial charge in [-0.1, -0.05) is 18.2 Å². The maximum Gasteiger partial charge on any atom is 0.303 e. The lowest BCUT2D eigenvalue weighted by Gasteiger charge is -2.31. The first-order chi connectivity index (χ1) is 11.0. The minimum absolute atomic E-state index is 0.131. The summed E-state index contributed by atoms with van der Waals surface area (Å²) in [6.07, 6.45) is 2.18. The van der Waals surface area contributed by atoms with Crippen molar-refractivity contribution >= 4 is 22.8 Å². The summed E-state index contributed by atoms with van der Waals surface area (Å²) in [4.78, 5) is 28.6. The lowest BCUT2D eigenvalue weighted by Crippen LogP contribution is -2.39. The highest BCUT2D eigenvalue weighted by Crippen LogP contribution is 2.25. The number of carboxylic acid groups (broad SMARTS) is 1. The molecular weight excluding hydrogens is 292 g/mol. The fourth-order valence-electron chi connectivity index (χ4n) is 3.46. The zero-order valence-electron chi connectivity index (χ0n) is 13.3. The van der Waals surface area contributed by atoms with Crippen LogP contribution < -0.4 is 0 Å². The Labute approximate surface area is 135 Å². The van der Waals surface area contributed by atoms with Crippen LogP contribution in [0, 0.1) is 12.8 Å². The van der Waals surface area contributed by atoms with Crippen molar-refractivity contribution in [2.45, 2.75) is 32.6 Å². The second kappa shape index (κ2) is 6.44. The zero-order valence-corrected chi connectivity index (χ0v) is 13.3. The van der Waals surface area contributed by atoms with Crippen molar-refractivity contribution in [3.63, 3.8) is 0 Å². The van der Waals surface area contributed by atoms with E-state index in [0.29, 0.717) is 19.5 Å². The van der Waals surface area contributed by atoms with Crippen molar-refractivity contribution in [3.8, 4) is 0 Å². The number of benzene rings is 1. The highest BCUT2D eigenvalue weighted by Gasteiger charge is 2.25. The number of aryl methyl sites for hydroxylation is 1. The third-order valence-corrected chi connectivity index (χ3v) is 4.79. The molecule has 1 aliphatic heterocycles. The predicted octanol–water partition coefficient (Wildman–Crippen LogP) is 2.73. The Morgan fingerprint density at radius 1 is 1.26 bits per heavy atom. The van der Waals surface area contributed by atoms with Crippen molar-refractivity contribution in [1.82, 2.24) is 9.88 Å². The van der Waals surface area contributed by atoms with Crippen LogP contribution in [0.4, 0.5) is 0 Å². The third-order valence-electron chi connectivity index (χ3n) is 4.79. The smallest absolute Gasteiger partial charge is 0.303 e. The van der Waals surface area contributed by atoms with E-state index in [-0.39, 0.29) is 18.2 Å². The summed E-state index contributed by atoms with van der Waals surface area (Å²) in [5.74, 6) is -0.415. The molecule has 0 spiro atoms. The van der Waals surface area contributed by atoms with Crippen molar-refractivity contribution in [3.05, 3.63) is 35.5 Å². The van der Waals surface area contributed by atoms with Gasteiger partial charge in [-0.2, -0.15) is 0 Å². The van der Waals surface area contributed by atoms with E-state index in [4.69, 9.17) is 5.11 Å². The molecule has 0 radical (unpaired) electrons. The fourth-order valence-corrected chi connectivity index (χ4v) is 3.46. The lowest BCUT2D eigenvalue weighted by molar-refractivity contribution is -0.138. The number of aromatic nitrogens is 1. The van der Waals surface area contributed by atoms with Crippen LogP contribution in [0.5, 0.6) is 0 Å². The topological polar surface area (TPSA) is 73.4 Å². The van der Waals surface area contributed by atoms with E-state index in [1.54, 1.807) is 0 Å². The highest BCUT2D eigenvalue weighted by atomic mass is 16.4. The predicted molar refractivity (Wildman–Crippen MR) is 88.3 cm³/mol. The first-order valence-electron chi connectivity index (χ1n) is 8.10. The molecule has 122 valence electrons. The number of carbonyl (C=O) groups is 2. The summed E-state index contributed by atoms with van der Waals surface area (Å²) in [5.41, 5.74) is 3.17. The average Bonchev–Trinajstić information content (AvgIpc) is 2.83. The van der Waals surface area contributed by atoms with Gasteiger partial charge in [-0.3, -0.25) is 9.59 Å². The number of aromatic amines is 1. The van der Waals surface area contributed by atoms with Crippen LogP contribution in [0.15, 0.2) is 24.3 Å². The number of aliphatic carboxylic acids is 1. The zero-order chi connectivity index (χ0) is 16.4. The van der Waals surface area contributed by atoms with Crippen LogP contribution in [0.3, 0.4) is 0 Å². The van der Waals surface area contributed by atoms with Gasteiger partial charge >= 0.3 is 5.97 Å². The number of hydrogen-bond donors (Lipinski definition) is 2. The quantitative estimate of drug-likeness (QED) is 0.911. The molecule has 1 aromatic carbocycles. The Balaban J connectivity index is 1.65. The van der Waals surface area contributed by atoms with Crippen LogP contribution in [0.2, 0.25) is 0 Å². The number of hydrogen-bond acceptors (Lipinski definition) is 2. The van der Waals surface area contributed by atoms with Crippen molar-refractivity contribution < 1.29 is 14.7 Å². The van der Waals surface area contributed by atoms with E-state index >= 15 is 0 Å². The first-order valence-corrected chi connectivity index (χ1v) is 8.10. The van der Waals surface area contributed by atoms with Gasteiger partial charge in [0.2, 0.25) is 5.91 Å². The molecular formula is C18H22N2O3. The molecule has 2 heterocycles. The Morgan fingerprint density at radius 2 is 1.96 bits per heavy atom. The molecule has 23 heavy (non-hydrogen) atoms. The number of nitrogens with zero attached hydrogens (tertiary/aromatic N) is 1. The molecule has 0 atom stereocenters. The Kier molecular flexibility index (Phi) is 4.37. The van der Waals surface area contributed by atoms with Crippen LogP contribution in [-0.2, 0) is 16.0 Å². The lowest BCUT2D eigenvalue weighted by atomic mass is 9.93. The average molecular weight is 314 g/mol. The molecule has 0 saturated carbocycles. The van der Waals surface area contributed by atoms with Crippen LogP contribution in [0.1, 0.15) is 30.5 Å². The molecule has 0 bridgehead atoms. The summed E-state index contributed by atoms with van der Waals surface area (Å²) in [5, 5.41) is 9.97. The fraction of sp³-hybridized carbons (Fsp3) is 0.444. The molecule has 1 saturated heterocycles. The number of piperidine rings is 1. The standard InChI is InChI=1S/C18H22N2O3/c1-12-15(14-4-2-3-5-16(14)19-12)11-17(21)20-8-6-13(7-9-20)10-18(22)23/h2-5,13,19H,6-11H2,1H3,(H,22,23). The number of H-pyrrole nitrogens is 1. The number of para-hydroxylation sites is 1. The minimum atomic E-state index is -0.746. The van der Waals surface area contributed by atoms with E-state index in [1.165, 1.54) is 0 Å². The van der Waals surface area contributed by atoms with E-state index < -0.39 is 5.97 Å². The largest absolute Gasteiger partial charge is 0.481 e. The number of fused-ring (bicyclic) bond motifs is 1. The van der Waals surface area contributed by atoms with Gasteiger partial charge in [0.15, 0.2) is 0 Å². The van der Waals surface area contributed by atoms with Crippen molar-refractivity contribution in [2.75, 3.05) is 13.1 Å². The second-order valence-electron chi connectivity index (χ2n) is 6.37. The van der Waals surface area contributed by atoms with E-state index in [9.17, 15) is 9.59 Å². The van der Waals surface area contributed by atoms with E-state index in [0.717, 1.165) is 35.0 Å². The Bertz CT molecular complexity index is 727. The molecule has 0 unspecified atom stereocenters. The summed E-state index contributed by atoms with van der Waals surface area (Å²) in [6.45, 7) is 3.33. The van der Waals surface area contributed by atoms with Gasteiger partial charge < -0.3 is 15.0 Å². The van der Waals surface area contributed by atoms with Gasteiger partial charge in [-0.25, -0.2) is 0 Å². The molecule has 3 rings (SSSR count). The van der Waals surface area contributed by atoms with Crippen molar-refractivity contribution in [1.29, 1.82) is 0 Å². The summed E-state index contributed by atoms with van der Waals surface area (Å²) in [7, 11) is 0. The van der Waals surface area contributed by atoms with Gasteiger partial charge in [0, 0.05) is 36.1 Å². The molecule has 5 heteroatoms. The summed E-state index contributed by atoms with van der Waals surface area (Å²) >= 11 is 0. The van der Waals surface area contributed by atoms with E-state index in [2.05, 4.69) is 4.98 Å². The maximum atomic E-state index is 12.6. The third kappa shape index (κ3) is 3.38. The number of amides is 1. The van der Waals surface area contributed by atoms with Gasteiger partial charge in [0.25, 0.3) is 0 Å².